The van der Waals surface area contributed by atoms with Crippen LogP contribution in [-0.4, -0.2) is 22.2 Å². The fourth-order valence-corrected chi connectivity index (χ4v) is 2.07. The molecule has 0 atom stereocenters. The zero-order chi connectivity index (χ0) is 14.5. The minimum absolute atomic E-state index is 0.144. The summed E-state index contributed by atoms with van der Waals surface area (Å²) in [5.74, 6) is -0.144. The summed E-state index contributed by atoms with van der Waals surface area (Å²) in [6.45, 7) is 2.21. The van der Waals surface area contributed by atoms with Crippen molar-refractivity contribution in [1.29, 1.82) is 5.26 Å². The number of hydrogen-bond acceptors (Lipinski definition) is 3. The van der Waals surface area contributed by atoms with Crippen molar-refractivity contribution in [3.8, 4) is 6.07 Å². The van der Waals surface area contributed by atoms with Crippen molar-refractivity contribution in [2.75, 3.05) is 11.4 Å². The Hall–Kier alpha value is -2.61. The maximum Gasteiger partial charge on any atom is 0.276 e. The van der Waals surface area contributed by atoms with E-state index in [-0.39, 0.29) is 12.3 Å². The molecule has 1 amide bonds. The first-order valence-corrected chi connectivity index (χ1v) is 6.38. The molecule has 102 valence electrons. The molecule has 1 heterocycles. The molecule has 0 spiro atoms. The zero-order valence-corrected chi connectivity index (χ0v) is 11.6. The average molecular weight is 268 g/mol. The van der Waals surface area contributed by atoms with Crippen LogP contribution in [0.4, 0.5) is 5.69 Å². The summed E-state index contributed by atoms with van der Waals surface area (Å²) in [5, 5.41) is 13.0. The summed E-state index contributed by atoms with van der Waals surface area (Å²) in [5.41, 5.74) is 2.10. The van der Waals surface area contributed by atoms with Gasteiger partial charge in [-0.1, -0.05) is 18.2 Å². The molecule has 0 saturated carbocycles. The summed E-state index contributed by atoms with van der Waals surface area (Å²) in [7, 11) is 1.74. The Morgan fingerprint density at radius 2 is 2.10 bits per heavy atom. The predicted octanol–water partition coefficient (Wildman–Crippen LogP) is 2.29. The summed E-state index contributed by atoms with van der Waals surface area (Å²) >= 11 is 0. The molecular weight excluding hydrogens is 252 g/mol. The third-order valence-electron chi connectivity index (χ3n) is 2.98. The molecule has 0 fully saturated rings. The van der Waals surface area contributed by atoms with Crippen LogP contribution < -0.4 is 4.90 Å². The van der Waals surface area contributed by atoms with E-state index >= 15 is 0 Å². The van der Waals surface area contributed by atoms with Crippen LogP contribution in [0.3, 0.4) is 0 Å². The lowest BCUT2D eigenvalue weighted by molar-refractivity contribution is 0.0978. The van der Waals surface area contributed by atoms with E-state index in [9.17, 15) is 4.79 Å². The van der Waals surface area contributed by atoms with Crippen molar-refractivity contribution in [3.05, 3.63) is 47.8 Å². The molecule has 20 heavy (non-hydrogen) atoms. The Labute approximate surface area is 118 Å². The number of aromatic nitrogens is 2. The van der Waals surface area contributed by atoms with E-state index in [2.05, 4.69) is 11.2 Å². The van der Waals surface area contributed by atoms with E-state index in [4.69, 9.17) is 5.26 Å². The summed E-state index contributed by atoms with van der Waals surface area (Å²) in [6.07, 6.45) is 0.289. The van der Waals surface area contributed by atoms with Crippen LogP contribution in [0.5, 0.6) is 0 Å². The first-order valence-electron chi connectivity index (χ1n) is 6.38. The molecule has 0 aliphatic heterocycles. The van der Waals surface area contributed by atoms with E-state index in [0.29, 0.717) is 12.2 Å². The number of anilines is 1. The molecule has 0 saturated heterocycles. The van der Waals surface area contributed by atoms with Crippen molar-refractivity contribution in [1.82, 2.24) is 9.78 Å². The summed E-state index contributed by atoms with van der Waals surface area (Å²) in [4.78, 5) is 14.3. The van der Waals surface area contributed by atoms with Crippen LogP contribution in [0.1, 0.15) is 22.6 Å². The van der Waals surface area contributed by atoms with Crippen LogP contribution in [0.2, 0.25) is 0 Å². The van der Waals surface area contributed by atoms with Crippen LogP contribution in [0.15, 0.2) is 36.4 Å². The molecule has 5 heteroatoms. The minimum Gasteiger partial charge on any atom is -0.306 e. The number of benzene rings is 1. The Balaban J connectivity index is 2.34. The minimum atomic E-state index is -0.144. The number of amides is 1. The maximum atomic E-state index is 12.6. The van der Waals surface area contributed by atoms with Gasteiger partial charge < -0.3 is 4.90 Å². The van der Waals surface area contributed by atoms with Crippen molar-refractivity contribution in [3.63, 3.8) is 0 Å². The van der Waals surface area contributed by atoms with Gasteiger partial charge >= 0.3 is 0 Å². The molecule has 0 radical (unpaired) electrons. The van der Waals surface area contributed by atoms with Gasteiger partial charge in [0.25, 0.3) is 5.91 Å². The van der Waals surface area contributed by atoms with E-state index in [0.717, 1.165) is 11.4 Å². The number of carbonyl (C=O) groups excluding carboxylic acids is 1. The predicted molar refractivity (Wildman–Crippen MR) is 76.3 cm³/mol. The second-order valence-corrected chi connectivity index (χ2v) is 4.50. The van der Waals surface area contributed by atoms with E-state index in [1.807, 2.05) is 37.3 Å². The molecule has 0 aliphatic rings. The largest absolute Gasteiger partial charge is 0.306 e. The van der Waals surface area contributed by atoms with Gasteiger partial charge in [-0.05, 0) is 25.1 Å². The second-order valence-electron chi connectivity index (χ2n) is 4.50. The summed E-state index contributed by atoms with van der Waals surface area (Å²) < 4.78 is 1.57. The van der Waals surface area contributed by atoms with Gasteiger partial charge in [-0.25, -0.2) is 0 Å². The van der Waals surface area contributed by atoms with Crippen LogP contribution in [-0.2, 0) is 7.05 Å². The lowest BCUT2D eigenvalue weighted by Gasteiger charge is -2.21. The molecule has 0 aliphatic carbocycles. The fourth-order valence-electron chi connectivity index (χ4n) is 2.07. The van der Waals surface area contributed by atoms with Crippen LogP contribution in [0.25, 0.3) is 0 Å². The van der Waals surface area contributed by atoms with Crippen molar-refractivity contribution in [2.45, 2.75) is 13.3 Å². The SMILES string of the molecule is Cc1cc(C(=O)N(CCC#N)c2ccccc2)n(C)n1. The zero-order valence-electron chi connectivity index (χ0n) is 11.6. The van der Waals surface area contributed by atoms with Gasteiger partial charge in [-0.3, -0.25) is 9.48 Å². The Kier molecular flexibility index (Phi) is 4.16. The number of para-hydroxylation sites is 1. The smallest absolute Gasteiger partial charge is 0.276 e. The highest BCUT2D eigenvalue weighted by atomic mass is 16.2. The third-order valence-corrected chi connectivity index (χ3v) is 2.98. The van der Waals surface area contributed by atoms with Gasteiger partial charge in [0, 0.05) is 19.3 Å². The number of hydrogen-bond donors (Lipinski definition) is 0. The first kappa shape index (κ1) is 13.8. The second kappa shape index (κ2) is 6.02. The first-order chi connectivity index (χ1) is 9.63. The van der Waals surface area contributed by atoms with Gasteiger partial charge in [-0.2, -0.15) is 10.4 Å². The Morgan fingerprint density at radius 3 is 2.65 bits per heavy atom. The van der Waals surface area contributed by atoms with Crippen molar-refractivity contribution >= 4 is 11.6 Å². The van der Waals surface area contributed by atoms with Gasteiger partial charge in [0.15, 0.2) is 0 Å². The highest BCUT2D eigenvalue weighted by Gasteiger charge is 2.20. The highest BCUT2D eigenvalue weighted by Crippen LogP contribution is 2.17. The number of rotatable bonds is 4. The monoisotopic (exact) mass is 268 g/mol. The quantitative estimate of drug-likeness (QED) is 0.854. The standard InChI is InChI=1S/C15H16N4O/c1-12-11-14(18(2)17-12)15(20)19(10-6-9-16)13-7-4-3-5-8-13/h3-5,7-8,11H,6,10H2,1-2H3. The fraction of sp³-hybridized carbons (Fsp3) is 0.267. The molecule has 5 nitrogen and oxygen atoms in total. The van der Waals surface area contributed by atoms with Crippen molar-refractivity contribution in [2.24, 2.45) is 7.05 Å². The normalized spacial score (nSPS) is 10.1. The Morgan fingerprint density at radius 1 is 1.40 bits per heavy atom. The Bertz CT molecular complexity index is 640. The van der Waals surface area contributed by atoms with E-state index in [1.165, 1.54) is 0 Å². The summed E-state index contributed by atoms with van der Waals surface area (Å²) in [6, 6.07) is 13.2. The highest BCUT2D eigenvalue weighted by molar-refractivity contribution is 6.05. The van der Waals surface area contributed by atoms with Crippen LogP contribution in [0, 0.1) is 18.3 Å². The van der Waals surface area contributed by atoms with Gasteiger partial charge in [0.2, 0.25) is 0 Å². The number of aryl methyl sites for hydroxylation is 2. The van der Waals surface area contributed by atoms with Gasteiger partial charge in [-0.15, -0.1) is 0 Å². The lowest BCUT2D eigenvalue weighted by atomic mass is 10.2. The van der Waals surface area contributed by atoms with E-state index < -0.39 is 0 Å². The van der Waals surface area contributed by atoms with Gasteiger partial charge in [0.1, 0.15) is 5.69 Å². The van der Waals surface area contributed by atoms with Crippen LogP contribution >= 0.6 is 0 Å². The molecule has 1 aromatic carbocycles. The maximum absolute atomic E-state index is 12.6. The van der Waals surface area contributed by atoms with Gasteiger partial charge in [0.05, 0.1) is 18.2 Å². The molecule has 1 aromatic heterocycles. The topological polar surface area (TPSA) is 61.9 Å². The molecule has 0 unspecified atom stereocenters. The lowest BCUT2D eigenvalue weighted by Crippen LogP contribution is -2.33. The molecule has 0 bridgehead atoms. The number of nitrogens with zero attached hydrogens (tertiary/aromatic N) is 4. The molecule has 0 N–H and O–H groups in total. The number of carbonyl (C=O) groups is 1. The number of nitriles is 1. The van der Waals surface area contributed by atoms with Crippen molar-refractivity contribution < 1.29 is 4.79 Å². The average Bonchev–Trinajstić information content (AvgIpc) is 2.79. The molecular formula is C15H16N4O. The molecule has 2 aromatic rings. The van der Waals surface area contributed by atoms with E-state index in [1.54, 1.807) is 22.7 Å². The molecule has 2 rings (SSSR count). The third kappa shape index (κ3) is 2.86.